The maximum Gasteiger partial charge on any atom is 0.191 e. The molecule has 6 heteroatoms. The predicted octanol–water partition coefficient (Wildman–Crippen LogP) is 3.41. The first-order chi connectivity index (χ1) is 12.6. The molecule has 0 saturated heterocycles. The molecule has 0 atom stereocenters. The third-order valence-electron chi connectivity index (χ3n) is 3.92. The molecule has 140 valence electrons. The number of halogens is 1. The van der Waals surface area contributed by atoms with Gasteiger partial charge in [0.2, 0.25) is 0 Å². The Morgan fingerprint density at radius 3 is 2.58 bits per heavy atom. The summed E-state index contributed by atoms with van der Waals surface area (Å²) in [4.78, 5) is 4.57. The second kappa shape index (κ2) is 9.65. The van der Waals surface area contributed by atoms with Gasteiger partial charge in [-0.25, -0.2) is 9.38 Å². The Morgan fingerprint density at radius 2 is 1.92 bits per heavy atom. The predicted molar refractivity (Wildman–Crippen MR) is 102 cm³/mol. The van der Waals surface area contributed by atoms with Crippen LogP contribution in [0.3, 0.4) is 0 Å². The number of aliphatic imine (C=N–C) groups is 1. The molecule has 0 saturated carbocycles. The van der Waals surface area contributed by atoms with E-state index in [-0.39, 0.29) is 5.82 Å². The van der Waals surface area contributed by atoms with Gasteiger partial charge in [0.25, 0.3) is 0 Å². The van der Waals surface area contributed by atoms with Crippen LogP contribution in [0.1, 0.15) is 23.6 Å². The zero-order valence-electron chi connectivity index (χ0n) is 15.7. The topological polar surface area (TPSA) is 54.9 Å². The molecule has 0 heterocycles. The Kier molecular flexibility index (Phi) is 7.26. The second-order valence-electron chi connectivity index (χ2n) is 5.78. The van der Waals surface area contributed by atoms with Gasteiger partial charge in [-0.15, -0.1) is 0 Å². The molecule has 2 aromatic carbocycles. The lowest BCUT2D eigenvalue weighted by Gasteiger charge is -2.15. The highest BCUT2D eigenvalue weighted by atomic mass is 19.1. The third kappa shape index (κ3) is 5.12. The summed E-state index contributed by atoms with van der Waals surface area (Å²) in [6.07, 6.45) is 0. The highest BCUT2D eigenvalue weighted by Gasteiger charge is 2.10. The van der Waals surface area contributed by atoms with Crippen LogP contribution < -0.4 is 20.1 Å². The normalized spacial score (nSPS) is 11.2. The summed E-state index contributed by atoms with van der Waals surface area (Å²) in [7, 11) is 3.24. The van der Waals surface area contributed by atoms with E-state index in [0.29, 0.717) is 36.1 Å². The summed E-state index contributed by atoms with van der Waals surface area (Å²) in [6.45, 7) is 5.50. The first kappa shape index (κ1) is 19.6. The average molecular weight is 359 g/mol. The number of aryl methyl sites for hydroxylation is 1. The van der Waals surface area contributed by atoms with Gasteiger partial charge in [0, 0.05) is 18.7 Å². The minimum atomic E-state index is -0.201. The lowest BCUT2D eigenvalue weighted by atomic mass is 10.1. The maximum atomic E-state index is 13.4. The third-order valence-corrected chi connectivity index (χ3v) is 3.92. The van der Waals surface area contributed by atoms with E-state index in [1.807, 2.05) is 31.2 Å². The minimum absolute atomic E-state index is 0.201. The van der Waals surface area contributed by atoms with Crippen molar-refractivity contribution in [3.63, 3.8) is 0 Å². The average Bonchev–Trinajstić information content (AvgIpc) is 2.66. The fourth-order valence-electron chi connectivity index (χ4n) is 2.59. The van der Waals surface area contributed by atoms with Crippen LogP contribution in [0.5, 0.6) is 11.5 Å². The molecular formula is C20H26FN3O2. The van der Waals surface area contributed by atoms with Crippen LogP contribution in [-0.4, -0.2) is 26.7 Å². The van der Waals surface area contributed by atoms with Crippen LogP contribution in [0.4, 0.5) is 4.39 Å². The molecule has 5 nitrogen and oxygen atoms in total. The lowest BCUT2D eigenvalue weighted by molar-refractivity contribution is 0.351. The van der Waals surface area contributed by atoms with Crippen LogP contribution >= 0.6 is 0 Å². The SMILES string of the molecule is CCNC(=NCc1ccc(F)c(C)c1)NCc1cccc(OC)c1OC. The van der Waals surface area contributed by atoms with Crippen molar-refractivity contribution >= 4 is 5.96 Å². The zero-order valence-corrected chi connectivity index (χ0v) is 15.7. The maximum absolute atomic E-state index is 13.4. The quantitative estimate of drug-likeness (QED) is 0.588. The monoisotopic (exact) mass is 359 g/mol. The summed E-state index contributed by atoms with van der Waals surface area (Å²) in [5.41, 5.74) is 2.55. The molecule has 2 rings (SSSR count). The van der Waals surface area contributed by atoms with Crippen molar-refractivity contribution < 1.29 is 13.9 Å². The number of nitrogens with zero attached hydrogens (tertiary/aromatic N) is 1. The zero-order chi connectivity index (χ0) is 18.9. The van der Waals surface area contributed by atoms with E-state index in [1.54, 1.807) is 27.2 Å². The van der Waals surface area contributed by atoms with E-state index in [4.69, 9.17) is 9.47 Å². The minimum Gasteiger partial charge on any atom is -0.493 e. The van der Waals surface area contributed by atoms with E-state index in [0.717, 1.165) is 17.7 Å². The number of benzene rings is 2. The van der Waals surface area contributed by atoms with Crippen molar-refractivity contribution in [2.24, 2.45) is 4.99 Å². The molecule has 26 heavy (non-hydrogen) atoms. The lowest BCUT2D eigenvalue weighted by Crippen LogP contribution is -2.36. The van der Waals surface area contributed by atoms with Crippen LogP contribution in [0, 0.1) is 12.7 Å². The second-order valence-corrected chi connectivity index (χ2v) is 5.78. The van der Waals surface area contributed by atoms with Gasteiger partial charge in [-0.05, 0) is 37.1 Å². The van der Waals surface area contributed by atoms with Crippen molar-refractivity contribution in [3.8, 4) is 11.5 Å². The van der Waals surface area contributed by atoms with Gasteiger partial charge in [-0.1, -0.05) is 24.3 Å². The number of ether oxygens (including phenoxy) is 2. The van der Waals surface area contributed by atoms with E-state index in [1.165, 1.54) is 6.07 Å². The molecule has 2 aromatic rings. The molecule has 0 aliphatic rings. The Bertz CT molecular complexity index is 763. The van der Waals surface area contributed by atoms with Crippen molar-refractivity contribution in [3.05, 3.63) is 58.9 Å². The Labute approximate surface area is 154 Å². The summed E-state index contributed by atoms with van der Waals surface area (Å²) in [6, 6.07) is 10.8. The Morgan fingerprint density at radius 1 is 1.12 bits per heavy atom. The van der Waals surface area contributed by atoms with Crippen LogP contribution in [0.15, 0.2) is 41.4 Å². The summed E-state index contributed by atoms with van der Waals surface area (Å²) < 4.78 is 24.2. The number of rotatable bonds is 7. The van der Waals surface area contributed by atoms with Crippen molar-refractivity contribution in [2.45, 2.75) is 26.9 Å². The first-order valence-corrected chi connectivity index (χ1v) is 8.56. The molecule has 0 fully saturated rings. The molecule has 0 bridgehead atoms. The summed E-state index contributed by atoms with van der Waals surface area (Å²) in [5, 5.41) is 6.50. The number of nitrogens with one attached hydrogen (secondary N) is 2. The molecular weight excluding hydrogens is 333 g/mol. The van der Waals surface area contributed by atoms with Gasteiger partial charge in [0.15, 0.2) is 17.5 Å². The summed E-state index contributed by atoms with van der Waals surface area (Å²) >= 11 is 0. The van der Waals surface area contributed by atoms with Crippen LogP contribution in [0.25, 0.3) is 0 Å². The van der Waals surface area contributed by atoms with E-state index < -0.39 is 0 Å². The van der Waals surface area contributed by atoms with Gasteiger partial charge < -0.3 is 20.1 Å². The van der Waals surface area contributed by atoms with Crippen molar-refractivity contribution in [2.75, 3.05) is 20.8 Å². The van der Waals surface area contributed by atoms with E-state index >= 15 is 0 Å². The van der Waals surface area contributed by atoms with Crippen LogP contribution in [-0.2, 0) is 13.1 Å². The van der Waals surface area contributed by atoms with Gasteiger partial charge in [-0.3, -0.25) is 0 Å². The number of methoxy groups -OCH3 is 2. The molecule has 0 aliphatic heterocycles. The number of guanidine groups is 1. The first-order valence-electron chi connectivity index (χ1n) is 8.56. The molecule has 0 spiro atoms. The molecule has 0 unspecified atom stereocenters. The molecule has 0 amide bonds. The van der Waals surface area contributed by atoms with Gasteiger partial charge >= 0.3 is 0 Å². The van der Waals surface area contributed by atoms with Crippen molar-refractivity contribution in [1.29, 1.82) is 0 Å². The highest BCUT2D eigenvalue weighted by molar-refractivity contribution is 5.79. The Hall–Kier alpha value is -2.76. The van der Waals surface area contributed by atoms with Gasteiger partial charge in [0.05, 0.1) is 20.8 Å². The molecule has 0 radical (unpaired) electrons. The highest BCUT2D eigenvalue weighted by Crippen LogP contribution is 2.30. The summed E-state index contributed by atoms with van der Waals surface area (Å²) in [5.74, 6) is 1.87. The molecule has 0 aromatic heterocycles. The number of para-hydroxylation sites is 1. The van der Waals surface area contributed by atoms with Gasteiger partial charge in [-0.2, -0.15) is 0 Å². The van der Waals surface area contributed by atoms with Crippen molar-refractivity contribution in [1.82, 2.24) is 10.6 Å². The van der Waals surface area contributed by atoms with E-state index in [2.05, 4.69) is 15.6 Å². The number of hydrogen-bond acceptors (Lipinski definition) is 3. The smallest absolute Gasteiger partial charge is 0.191 e. The largest absolute Gasteiger partial charge is 0.493 e. The van der Waals surface area contributed by atoms with E-state index in [9.17, 15) is 4.39 Å². The standard InChI is InChI=1S/C20H26FN3O2/c1-5-22-20(23-12-15-9-10-17(21)14(2)11-15)24-13-16-7-6-8-18(25-3)19(16)26-4/h6-11H,5,12-13H2,1-4H3,(H2,22,23,24). The fraction of sp³-hybridized carbons (Fsp3) is 0.350. The van der Waals surface area contributed by atoms with Gasteiger partial charge in [0.1, 0.15) is 5.82 Å². The molecule has 2 N–H and O–H groups in total. The molecule has 0 aliphatic carbocycles. The number of hydrogen-bond donors (Lipinski definition) is 2. The van der Waals surface area contributed by atoms with Crippen LogP contribution in [0.2, 0.25) is 0 Å². The Balaban J connectivity index is 2.09. The fourth-order valence-corrected chi connectivity index (χ4v) is 2.59.